The molecule has 0 unspecified atom stereocenters. The number of aromatic nitrogens is 2. The molecule has 4 nitrogen and oxygen atoms in total. The van der Waals surface area contributed by atoms with E-state index in [1.807, 2.05) is 79.0 Å². The summed E-state index contributed by atoms with van der Waals surface area (Å²) in [7, 11) is 0. The van der Waals surface area contributed by atoms with E-state index in [-0.39, 0.29) is 31.2 Å². The number of fused-ring (bicyclic) bond motifs is 7. The fourth-order valence-corrected chi connectivity index (χ4v) is 8.02. The summed E-state index contributed by atoms with van der Waals surface area (Å²) in [6.07, 6.45) is 1.34. The fraction of sp³-hybridized carbons (Fsp3) is 0.209. The zero-order valence-corrected chi connectivity index (χ0v) is 32.9. The molecule has 0 amide bonds. The quantitative estimate of drug-likeness (QED) is 0.131. The molecule has 4 aromatic carbocycles. The van der Waals surface area contributed by atoms with Gasteiger partial charge in [-0.25, -0.2) is 0 Å². The number of rotatable bonds is 4. The predicted molar refractivity (Wildman–Crippen MR) is 202 cm³/mol. The summed E-state index contributed by atoms with van der Waals surface area (Å²) < 4.78 is 55.8. The molecule has 49 heavy (non-hydrogen) atoms. The van der Waals surface area contributed by atoms with Crippen LogP contribution in [0, 0.1) is 24.4 Å². The van der Waals surface area contributed by atoms with E-state index in [4.69, 9.17) is 15.7 Å². The third-order valence-electron chi connectivity index (χ3n) is 8.19. The molecule has 0 saturated heterocycles. The summed E-state index contributed by atoms with van der Waals surface area (Å²) in [6, 6.07) is 35.8. The first kappa shape index (κ1) is 28.8. The molecular weight excluding hydrogens is 841 g/mol. The van der Waals surface area contributed by atoms with Gasteiger partial charge in [0.15, 0.2) is 0 Å². The van der Waals surface area contributed by atoms with Crippen molar-refractivity contribution in [2.75, 3.05) is 0 Å². The van der Waals surface area contributed by atoms with Gasteiger partial charge in [-0.2, -0.15) is 0 Å². The largest absolute Gasteiger partial charge is 0 e. The minimum atomic E-state index is -2.53. The first-order valence-corrected chi connectivity index (χ1v) is 23.4. The summed E-state index contributed by atoms with van der Waals surface area (Å²) in [5, 5.41) is 3.58. The van der Waals surface area contributed by atoms with Gasteiger partial charge in [-0.15, -0.1) is 0 Å². The Kier molecular flexibility index (Phi) is 8.05. The van der Waals surface area contributed by atoms with Crippen molar-refractivity contribution in [3.05, 3.63) is 127 Å². The van der Waals surface area contributed by atoms with Crippen LogP contribution in [0.5, 0.6) is 0 Å². The van der Waals surface area contributed by atoms with E-state index in [1.54, 1.807) is 20.8 Å². The van der Waals surface area contributed by atoms with Crippen LogP contribution in [0.4, 0.5) is 0 Å². The molecule has 0 aliphatic rings. The smallest absolute Gasteiger partial charge is 0 e. The van der Waals surface area contributed by atoms with Gasteiger partial charge in [0, 0.05) is 38.5 Å². The van der Waals surface area contributed by atoms with Crippen LogP contribution in [-0.4, -0.2) is 23.2 Å². The van der Waals surface area contributed by atoms with Crippen LogP contribution in [-0.2, 0) is 26.5 Å². The van der Waals surface area contributed by atoms with Gasteiger partial charge in [0.2, 0.25) is 0 Å². The van der Waals surface area contributed by atoms with Crippen LogP contribution in [0.15, 0.2) is 112 Å². The first-order chi connectivity index (χ1) is 24.9. The number of aryl methyl sites for hydroxylation is 1. The number of benzene rings is 4. The predicted octanol–water partition coefficient (Wildman–Crippen LogP) is 11.3. The standard InChI is InChI=1S/C29H24NO2.C14H16GeN.Ir/c1-17-16-30-22(13-18(17)15-29(2,3)4)21-14-25-26(19-9-5-7-11-23(19)31-25)27-20-10-6-8-12-24(20)32-28(21)27;1-15(2,3)13-9-10-14(16-11-13)12-7-5-4-6-8-12;/h5-13,16H,15H2,1-4H3;4-7,9-11H,1-3H3;/q2*-1;/i1D3,15D2;;. The third-order valence-corrected chi connectivity index (χ3v) is 12.4. The molecule has 0 atom stereocenters. The maximum atomic E-state index is 8.89. The first-order valence-electron chi connectivity index (χ1n) is 18.6. The average molecular weight is 887 g/mol. The number of hydrogen-bond acceptors (Lipinski definition) is 4. The summed E-state index contributed by atoms with van der Waals surface area (Å²) in [6.45, 7) is 2.72. The van der Waals surface area contributed by atoms with E-state index in [0.717, 1.165) is 32.8 Å². The Morgan fingerprint density at radius 3 is 2.10 bits per heavy atom. The van der Waals surface area contributed by atoms with Gasteiger partial charge in [-0.1, -0.05) is 80.4 Å². The average Bonchev–Trinajstić information content (AvgIpc) is 3.69. The second-order valence-corrected chi connectivity index (χ2v) is 24.7. The van der Waals surface area contributed by atoms with Crippen LogP contribution < -0.4 is 4.40 Å². The normalized spacial score (nSPS) is 14.0. The Labute approximate surface area is 311 Å². The molecule has 0 fully saturated rings. The van der Waals surface area contributed by atoms with E-state index in [9.17, 15) is 0 Å². The molecule has 249 valence electrons. The van der Waals surface area contributed by atoms with Crippen molar-refractivity contribution >= 4 is 61.5 Å². The minimum absolute atomic E-state index is 0. The molecule has 6 heteroatoms. The molecule has 0 aliphatic carbocycles. The molecule has 0 bridgehead atoms. The van der Waals surface area contributed by atoms with E-state index in [2.05, 4.69) is 51.5 Å². The Hall–Kier alpha value is -4.03. The van der Waals surface area contributed by atoms with Gasteiger partial charge in [0.1, 0.15) is 11.2 Å². The van der Waals surface area contributed by atoms with Crippen LogP contribution in [0.3, 0.4) is 0 Å². The second-order valence-electron chi connectivity index (χ2n) is 14.1. The van der Waals surface area contributed by atoms with Crippen molar-refractivity contribution < 1.29 is 35.8 Å². The molecule has 0 spiro atoms. The summed E-state index contributed by atoms with van der Waals surface area (Å²) in [5.74, 6) is 7.14. The van der Waals surface area contributed by atoms with Crippen molar-refractivity contribution in [2.24, 2.45) is 5.41 Å². The Bertz CT molecular complexity index is 2600. The number of hydrogen-bond donors (Lipinski definition) is 0. The monoisotopic (exact) mass is 888 g/mol. The molecule has 8 aromatic rings. The van der Waals surface area contributed by atoms with Gasteiger partial charge >= 0.3 is 99.8 Å². The number of para-hydroxylation sites is 2. The topological polar surface area (TPSA) is 52.1 Å². The van der Waals surface area contributed by atoms with Crippen LogP contribution >= 0.6 is 0 Å². The van der Waals surface area contributed by atoms with Gasteiger partial charge in [-0.3, -0.25) is 0 Å². The van der Waals surface area contributed by atoms with Crippen molar-refractivity contribution in [3.8, 4) is 22.5 Å². The molecule has 4 heterocycles. The molecule has 0 N–H and O–H groups in total. The van der Waals surface area contributed by atoms with Crippen molar-refractivity contribution in [1.29, 1.82) is 0 Å². The molecule has 8 rings (SSSR count). The summed E-state index contributed by atoms with van der Waals surface area (Å²) >= 11 is -1.72. The fourth-order valence-electron chi connectivity index (χ4n) is 5.85. The van der Waals surface area contributed by atoms with Crippen LogP contribution in [0.2, 0.25) is 17.3 Å². The number of pyridine rings is 2. The van der Waals surface area contributed by atoms with Gasteiger partial charge in [0.25, 0.3) is 0 Å². The molecular formula is C43H40GeIrN2O2-2. The number of furan rings is 2. The van der Waals surface area contributed by atoms with E-state index in [0.29, 0.717) is 33.6 Å². The Morgan fingerprint density at radius 2 is 1.47 bits per heavy atom. The Balaban J connectivity index is 0.000000246. The maximum absolute atomic E-state index is 8.89. The SMILES string of the molecule is [2H]C([2H])([2H])c1cnc(-c2[c-]c3oc4ccccc4c3c3c2oc2ccccc23)cc1C([2H])([2H])C(C)(C)C.[CH3][Ge]([CH3])([CH3])[c]1ccc(-c2[c-]cccc2)nc1.[Ir]. The molecule has 0 saturated carbocycles. The van der Waals surface area contributed by atoms with E-state index >= 15 is 0 Å². The Morgan fingerprint density at radius 1 is 0.796 bits per heavy atom. The van der Waals surface area contributed by atoms with Gasteiger partial charge in [-0.05, 0) is 58.2 Å². The molecule has 1 radical (unpaired) electrons. The maximum Gasteiger partial charge on any atom is 0 e. The zero-order valence-electron chi connectivity index (χ0n) is 33.4. The van der Waals surface area contributed by atoms with Crippen LogP contribution in [0.25, 0.3) is 66.4 Å². The summed E-state index contributed by atoms with van der Waals surface area (Å²) in [4.78, 5) is 9.02. The minimum Gasteiger partial charge on any atom is 0 e. The van der Waals surface area contributed by atoms with E-state index < -0.39 is 31.9 Å². The molecule has 0 aliphatic heterocycles. The van der Waals surface area contributed by atoms with Crippen molar-refractivity contribution in [3.63, 3.8) is 0 Å². The third kappa shape index (κ3) is 7.17. The molecule has 4 aromatic heterocycles. The van der Waals surface area contributed by atoms with Crippen LogP contribution in [0.1, 0.15) is 38.8 Å². The second kappa shape index (κ2) is 13.7. The van der Waals surface area contributed by atoms with Gasteiger partial charge < -0.3 is 13.8 Å². The zero-order chi connectivity index (χ0) is 37.9. The van der Waals surface area contributed by atoms with Crippen molar-refractivity contribution in [1.82, 2.24) is 9.97 Å². The summed E-state index contributed by atoms with van der Waals surface area (Å²) in [5.41, 5.74) is 4.49. The van der Waals surface area contributed by atoms with E-state index in [1.165, 1.54) is 16.7 Å². The number of nitrogens with zero attached hydrogens (tertiary/aromatic N) is 2. The van der Waals surface area contributed by atoms with Gasteiger partial charge in [0.05, 0.1) is 11.2 Å². The van der Waals surface area contributed by atoms with Crippen molar-refractivity contribution in [2.45, 2.75) is 51.3 Å².